The Labute approximate surface area is 149 Å². The highest BCUT2D eigenvalue weighted by atomic mass is 19.1. The van der Waals surface area contributed by atoms with E-state index in [1.54, 1.807) is 17.0 Å². The van der Waals surface area contributed by atoms with E-state index < -0.39 is 5.92 Å². The van der Waals surface area contributed by atoms with Gasteiger partial charge in [0.1, 0.15) is 5.82 Å². The Balaban J connectivity index is 1.44. The van der Waals surface area contributed by atoms with Crippen molar-refractivity contribution in [1.82, 2.24) is 15.5 Å². The summed E-state index contributed by atoms with van der Waals surface area (Å²) in [6.07, 6.45) is 0.149. The maximum absolute atomic E-state index is 12.9. The summed E-state index contributed by atoms with van der Waals surface area (Å²) in [6.45, 7) is 0.595. The zero-order chi connectivity index (χ0) is 18.1. The van der Waals surface area contributed by atoms with Gasteiger partial charge in [-0.05, 0) is 29.8 Å². The molecule has 1 aliphatic heterocycles. The van der Waals surface area contributed by atoms with Gasteiger partial charge in [0, 0.05) is 24.9 Å². The molecule has 6 nitrogen and oxygen atoms in total. The molecule has 2 N–H and O–H groups in total. The van der Waals surface area contributed by atoms with Gasteiger partial charge in [-0.3, -0.25) is 19.6 Å². The predicted octanol–water partition coefficient (Wildman–Crippen LogP) is 2.37. The number of aromatic amines is 1. The molecule has 7 heteroatoms. The fraction of sp³-hybridized carbons (Fsp3) is 0.211. The molecule has 1 aliphatic rings. The number of H-pyrrole nitrogens is 1. The van der Waals surface area contributed by atoms with Crippen LogP contribution < -0.4 is 10.2 Å². The van der Waals surface area contributed by atoms with Crippen LogP contribution in [0.15, 0.2) is 48.5 Å². The number of rotatable bonds is 4. The lowest BCUT2D eigenvalue weighted by atomic mass is 10.1. The summed E-state index contributed by atoms with van der Waals surface area (Å²) in [7, 11) is 0. The summed E-state index contributed by atoms with van der Waals surface area (Å²) < 4.78 is 12.9. The van der Waals surface area contributed by atoms with E-state index in [0.29, 0.717) is 18.9 Å². The summed E-state index contributed by atoms with van der Waals surface area (Å²) in [5.41, 5.74) is 1.65. The van der Waals surface area contributed by atoms with E-state index in [9.17, 15) is 14.0 Å². The average molecular weight is 352 g/mol. The molecule has 132 valence electrons. The van der Waals surface area contributed by atoms with Gasteiger partial charge in [-0.25, -0.2) is 4.39 Å². The second-order valence-corrected chi connectivity index (χ2v) is 6.34. The van der Waals surface area contributed by atoms with E-state index in [0.717, 1.165) is 16.5 Å². The first-order valence-corrected chi connectivity index (χ1v) is 8.37. The number of carbonyl (C=O) groups excluding carboxylic acids is 2. The van der Waals surface area contributed by atoms with Crippen molar-refractivity contribution in [2.24, 2.45) is 5.92 Å². The van der Waals surface area contributed by atoms with Crippen LogP contribution in [0.2, 0.25) is 0 Å². The maximum Gasteiger partial charge on any atom is 0.229 e. The molecule has 2 aromatic carbocycles. The molecule has 0 saturated carbocycles. The fourth-order valence-corrected chi connectivity index (χ4v) is 3.18. The largest absolute Gasteiger partial charge is 0.352 e. The standard InChI is InChI=1S/C19H17FN4O2/c20-14-7-5-12(6-8-14)10-21-19(26)13-9-17(25)24(11-13)18-15-3-1-2-4-16(15)22-23-18/h1-8,13H,9-11H2,(H,21,26)(H,22,23)/t13-/m1/s1. The molecule has 2 heterocycles. The van der Waals surface area contributed by atoms with E-state index in [1.165, 1.54) is 12.1 Å². The number of hydrogen-bond acceptors (Lipinski definition) is 3. The third-order valence-electron chi connectivity index (χ3n) is 4.58. The van der Waals surface area contributed by atoms with E-state index in [1.807, 2.05) is 24.3 Å². The maximum atomic E-state index is 12.9. The lowest BCUT2D eigenvalue weighted by Crippen LogP contribution is -2.32. The first-order valence-electron chi connectivity index (χ1n) is 8.37. The first kappa shape index (κ1) is 16.3. The molecule has 0 radical (unpaired) electrons. The number of amides is 2. The number of aromatic nitrogens is 2. The minimum Gasteiger partial charge on any atom is -0.352 e. The van der Waals surface area contributed by atoms with Crippen molar-refractivity contribution in [3.8, 4) is 0 Å². The van der Waals surface area contributed by atoms with Crippen LogP contribution in [0.1, 0.15) is 12.0 Å². The molecular weight excluding hydrogens is 335 g/mol. The number of carbonyl (C=O) groups is 2. The minimum absolute atomic E-state index is 0.121. The average Bonchev–Trinajstić information content (AvgIpc) is 3.24. The molecule has 1 saturated heterocycles. The van der Waals surface area contributed by atoms with E-state index in [-0.39, 0.29) is 24.1 Å². The van der Waals surface area contributed by atoms with E-state index >= 15 is 0 Å². The highest BCUT2D eigenvalue weighted by Crippen LogP contribution is 2.29. The van der Waals surface area contributed by atoms with Gasteiger partial charge >= 0.3 is 0 Å². The van der Waals surface area contributed by atoms with E-state index in [4.69, 9.17) is 0 Å². The van der Waals surface area contributed by atoms with Crippen molar-refractivity contribution in [2.45, 2.75) is 13.0 Å². The Morgan fingerprint density at radius 2 is 2.00 bits per heavy atom. The number of fused-ring (bicyclic) bond motifs is 1. The van der Waals surface area contributed by atoms with Crippen LogP contribution in [0, 0.1) is 11.7 Å². The van der Waals surface area contributed by atoms with Crippen molar-refractivity contribution in [3.05, 3.63) is 59.9 Å². The van der Waals surface area contributed by atoms with Crippen LogP contribution >= 0.6 is 0 Å². The molecule has 1 aromatic heterocycles. The Kier molecular flexibility index (Phi) is 4.12. The molecule has 26 heavy (non-hydrogen) atoms. The van der Waals surface area contributed by atoms with Gasteiger partial charge in [0.15, 0.2) is 5.82 Å². The number of nitrogens with one attached hydrogen (secondary N) is 2. The lowest BCUT2D eigenvalue weighted by molar-refractivity contribution is -0.126. The Morgan fingerprint density at radius 3 is 2.81 bits per heavy atom. The molecule has 1 atom stereocenters. The third kappa shape index (κ3) is 3.03. The molecule has 0 aliphatic carbocycles. The summed E-state index contributed by atoms with van der Waals surface area (Å²) in [5.74, 6) is -0.504. The quantitative estimate of drug-likeness (QED) is 0.757. The van der Waals surface area contributed by atoms with Crippen molar-refractivity contribution in [3.63, 3.8) is 0 Å². The fourth-order valence-electron chi connectivity index (χ4n) is 3.18. The number of para-hydroxylation sites is 1. The van der Waals surface area contributed by atoms with Crippen LogP contribution in [-0.2, 0) is 16.1 Å². The van der Waals surface area contributed by atoms with Crippen LogP contribution in [0.5, 0.6) is 0 Å². The minimum atomic E-state index is -0.432. The Hall–Kier alpha value is -3.22. The number of anilines is 1. The molecule has 0 bridgehead atoms. The zero-order valence-corrected chi connectivity index (χ0v) is 13.9. The molecule has 1 fully saturated rings. The van der Waals surface area contributed by atoms with Gasteiger partial charge in [-0.15, -0.1) is 0 Å². The molecule has 4 rings (SSSR count). The molecule has 0 spiro atoms. The predicted molar refractivity (Wildman–Crippen MR) is 94.8 cm³/mol. The Bertz CT molecular complexity index is 967. The summed E-state index contributed by atoms with van der Waals surface area (Å²) >= 11 is 0. The smallest absolute Gasteiger partial charge is 0.229 e. The van der Waals surface area contributed by atoms with Crippen molar-refractivity contribution < 1.29 is 14.0 Å². The van der Waals surface area contributed by atoms with Crippen molar-refractivity contribution in [2.75, 3.05) is 11.4 Å². The van der Waals surface area contributed by atoms with Gasteiger partial charge in [0.2, 0.25) is 11.8 Å². The van der Waals surface area contributed by atoms with Gasteiger partial charge in [0.05, 0.1) is 11.4 Å². The number of hydrogen-bond donors (Lipinski definition) is 2. The van der Waals surface area contributed by atoms with Crippen molar-refractivity contribution in [1.29, 1.82) is 0 Å². The summed E-state index contributed by atoms with van der Waals surface area (Å²) in [5, 5.41) is 10.8. The van der Waals surface area contributed by atoms with Gasteiger partial charge in [0.25, 0.3) is 0 Å². The molecule has 3 aromatic rings. The topological polar surface area (TPSA) is 78.1 Å². The van der Waals surface area contributed by atoms with Crippen LogP contribution in [0.3, 0.4) is 0 Å². The number of benzene rings is 2. The van der Waals surface area contributed by atoms with Gasteiger partial charge < -0.3 is 5.32 Å². The normalized spacial score (nSPS) is 17.0. The first-order chi connectivity index (χ1) is 12.6. The number of halogens is 1. The highest BCUT2D eigenvalue weighted by molar-refractivity contribution is 6.05. The molecule has 0 unspecified atom stereocenters. The summed E-state index contributed by atoms with van der Waals surface area (Å²) in [6, 6.07) is 13.5. The monoisotopic (exact) mass is 352 g/mol. The van der Waals surface area contributed by atoms with E-state index in [2.05, 4.69) is 15.5 Å². The second-order valence-electron chi connectivity index (χ2n) is 6.34. The second kappa shape index (κ2) is 6.59. The highest BCUT2D eigenvalue weighted by Gasteiger charge is 2.36. The number of nitrogens with zero attached hydrogens (tertiary/aromatic N) is 2. The Morgan fingerprint density at radius 1 is 1.23 bits per heavy atom. The van der Waals surface area contributed by atoms with Crippen LogP contribution in [0.4, 0.5) is 10.2 Å². The lowest BCUT2D eigenvalue weighted by Gasteiger charge is -2.14. The van der Waals surface area contributed by atoms with Gasteiger partial charge in [-0.2, -0.15) is 5.10 Å². The van der Waals surface area contributed by atoms with Gasteiger partial charge in [-0.1, -0.05) is 24.3 Å². The third-order valence-corrected chi connectivity index (χ3v) is 4.58. The zero-order valence-electron chi connectivity index (χ0n) is 13.9. The van der Waals surface area contributed by atoms with Crippen LogP contribution in [0.25, 0.3) is 10.9 Å². The SMILES string of the molecule is O=C(NCc1ccc(F)cc1)[C@@H]1CC(=O)N(c2n[nH]c3ccccc23)C1. The van der Waals surface area contributed by atoms with Crippen LogP contribution in [-0.4, -0.2) is 28.6 Å². The molecular formula is C19H17FN4O2. The van der Waals surface area contributed by atoms with Crippen molar-refractivity contribution >= 4 is 28.5 Å². The summed E-state index contributed by atoms with van der Waals surface area (Å²) in [4.78, 5) is 26.4. The molecule has 2 amide bonds.